The summed E-state index contributed by atoms with van der Waals surface area (Å²) in [5, 5.41) is 0.0770. The minimum Gasteiger partial charge on any atom is -0.379 e. The number of ether oxygens (including phenoxy) is 1. The molecule has 0 atom stereocenters. The van der Waals surface area contributed by atoms with Crippen LogP contribution in [0.25, 0.3) is 0 Å². The zero-order chi connectivity index (χ0) is 14.4. The molecule has 114 valence electrons. The highest BCUT2D eigenvalue weighted by molar-refractivity contribution is 7.89. The Hall–Kier alpha value is -0.960. The van der Waals surface area contributed by atoms with Crippen LogP contribution in [0.5, 0.6) is 0 Å². The van der Waals surface area contributed by atoms with E-state index in [1.807, 2.05) is 0 Å². The van der Waals surface area contributed by atoms with Crippen LogP contribution >= 0.6 is 0 Å². The lowest BCUT2D eigenvalue weighted by Gasteiger charge is -2.26. The first-order valence-electron chi connectivity index (χ1n) is 6.86. The average molecular weight is 302 g/mol. The Balaban J connectivity index is 1.65. The summed E-state index contributed by atoms with van der Waals surface area (Å²) in [6.07, 6.45) is 4.78. The number of sulfonamides is 1. The first-order valence-corrected chi connectivity index (χ1v) is 8.34. The molecule has 1 aliphatic rings. The zero-order valence-corrected chi connectivity index (χ0v) is 12.6. The van der Waals surface area contributed by atoms with Crippen LogP contribution in [0.1, 0.15) is 12.8 Å². The fourth-order valence-electron chi connectivity index (χ4n) is 2.09. The van der Waals surface area contributed by atoms with Gasteiger partial charge in [0, 0.05) is 32.9 Å². The number of rotatable bonds is 7. The number of aryl methyl sites for hydroxylation is 1. The standard InChI is InChI=1S/C12H22N4O3S/c1-15-10-12(13-11-15)20(17,18)14-4-2-3-5-16-6-8-19-9-7-16/h10-11,14H,2-9H2,1H3. The van der Waals surface area contributed by atoms with Crippen LogP contribution in [-0.4, -0.2) is 62.3 Å². The van der Waals surface area contributed by atoms with Crippen molar-refractivity contribution in [1.82, 2.24) is 19.2 Å². The molecule has 1 saturated heterocycles. The summed E-state index contributed by atoms with van der Waals surface area (Å²) >= 11 is 0. The maximum Gasteiger partial charge on any atom is 0.259 e. The third-order valence-electron chi connectivity index (χ3n) is 3.25. The Morgan fingerprint density at radius 1 is 1.35 bits per heavy atom. The summed E-state index contributed by atoms with van der Waals surface area (Å²) < 4.78 is 33.3. The largest absolute Gasteiger partial charge is 0.379 e. The monoisotopic (exact) mass is 302 g/mol. The molecule has 0 amide bonds. The molecule has 1 aromatic heterocycles. The smallest absolute Gasteiger partial charge is 0.259 e. The Bertz CT molecular complexity index is 509. The number of morpholine rings is 1. The van der Waals surface area contributed by atoms with Crippen molar-refractivity contribution in [3.8, 4) is 0 Å². The number of nitrogens with zero attached hydrogens (tertiary/aromatic N) is 3. The number of unbranched alkanes of at least 4 members (excludes halogenated alkanes) is 1. The van der Waals surface area contributed by atoms with Crippen LogP contribution in [0.15, 0.2) is 17.6 Å². The SMILES string of the molecule is Cn1cnc(S(=O)(=O)NCCCCN2CCOCC2)c1. The van der Waals surface area contributed by atoms with Crippen LogP contribution < -0.4 is 4.72 Å². The highest BCUT2D eigenvalue weighted by Crippen LogP contribution is 2.04. The highest BCUT2D eigenvalue weighted by atomic mass is 32.2. The summed E-state index contributed by atoms with van der Waals surface area (Å²) in [4.78, 5) is 6.19. The number of imidazole rings is 1. The van der Waals surface area contributed by atoms with Gasteiger partial charge in [-0.05, 0) is 19.4 Å². The van der Waals surface area contributed by atoms with Gasteiger partial charge in [0.25, 0.3) is 10.0 Å². The van der Waals surface area contributed by atoms with E-state index >= 15 is 0 Å². The Kier molecular flexibility index (Phi) is 5.53. The Morgan fingerprint density at radius 3 is 2.75 bits per heavy atom. The van der Waals surface area contributed by atoms with E-state index in [4.69, 9.17) is 4.74 Å². The van der Waals surface area contributed by atoms with E-state index < -0.39 is 10.0 Å². The topological polar surface area (TPSA) is 76.5 Å². The predicted octanol–water partition coefficient (Wildman–Crippen LogP) is -0.189. The van der Waals surface area contributed by atoms with E-state index in [-0.39, 0.29) is 5.03 Å². The van der Waals surface area contributed by atoms with Gasteiger partial charge in [-0.2, -0.15) is 0 Å². The molecule has 1 N–H and O–H groups in total. The molecule has 1 fully saturated rings. The van der Waals surface area contributed by atoms with Crippen molar-refractivity contribution in [3.63, 3.8) is 0 Å². The molecule has 0 spiro atoms. The van der Waals surface area contributed by atoms with Crippen LogP contribution in [0.2, 0.25) is 0 Å². The molecule has 0 radical (unpaired) electrons. The molecule has 0 bridgehead atoms. The normalized spacial score (nSPS) is 17.4. The van der Waals surface area contributed by atoms with Gasteiger partial charge in [0.05, 0.1) is 19.5 Å². The van der Waals surface area contributed by atoms with Crippen molar-refractivity contribution in [2.24, 2.45) is 7.05 Å². The van der Waals surface area contributed by atoms with E-state index in [9.17, 15) is 8.42 Å². The highest BCUT2D eigenvalue weighted by Gasteiger charge is 2.16. The fourth-order valence-corrected chi connectivity index (χ4v) is 3.15. The lowest BCUT2D eigenvalue weighted by molar-refractivity contribution is 0.0372. The van der Waals surface area contributed by atoms with Gasteiger partial charge < -0.3 is 9.30 Å². The molecule has 0 aliphatic carbocycles. The van der Waals surface area contributed by atoms with Crippen molar-refractivity contribution in [1.29, 1.82) is 0 Å². The maximum absolute atomic E-state index is 11.9. The van der Waals surface area contributed by atoms with E-state index in [2.05, 4.69) is 14.6 Å². The van der Waals surface area contributed by atoms with Crippen molar-refractivity contribution in [3.05, 3.63) is 12.5 Å². The van der Waals surface area contributed by atoms with Crippen molar-refractivity contribution >= 4 is 10.0 Å². The van der Waals surface area contributed by atoms with E-state index in [1.54, 1.807) is 11.6 Å². The van der Waals surface area contributed by atoms with Gasteiger partial charge in [-0.3, -0.25) is 4.90 Å². The van der Waals surface area contributed by atoms with Crippen LogP contribution in [0.4, 0.5) is 0 Å². The average Bonchev–Trinajstić information content (AvgIpc) is 2.87. The van der Waals surface area contributed by atoms with Gasteiger partial charge >= 0.3 is 0 Å². The van der Waals surface area contributed by atoms with Gasteiger partial charge in [-0.15, -0.1) is 0 Å². The Morgan fingerprint density at radius 2 is 2.10 bits per heavy atom. The minimum atomic E-state index is -3.46. The number of hydrogen-bond acceptors (Lipinski definition) is 5. The van der Waals surface area contributed by atoms with Gasteiger partial charge in [0.2, 0.25) is 0 Å². The Labute approximate surface area is 120 Å². The first-order chi connectivity index (χ1) is 9.58. The zero-order valence-electron chi connectivity index (χ0n) is 11.8. The quantitative estimate of drug-likeness (QED) is 0.707. The van der Waals surface area contributed by atoms with E-state index in [0.717, 1.165) is 45.7 Å². The van der Waals surface area contributed by atoms with E-state index in [0.29, 0.717) is 6.54 Å². The molecule has 20 heavy (non-hydrogen) atoms. The van der Waals surface area contributed by atoms with Crippen LogP contribution in [-0.2, 0) is 21.8 Å². The van der Waals surface area contributed by atoms with Gasteiger partial charge in [0.15, 0.2) is 5.03 Å². The summed E-state index contributed by atoms with van der Waals surface area (Å²) in [5.41, 5.74) is 0. The minimum absolute atomic E-state index is 0.0770. The lowest BCUT2D eigenvalue weighted by Crippen LogP contribution is -2.37. The molecular weight excluding hydrogens is 280 g/mol. The maximum atomic E-state index is 11.9. The van der Waals surface area contributed by atoms with Crippen molar-refractivity contribution in [2.75, 3.05) is 39.4 Å². The van der Waals surface area contributed by atoms with Crippen molar-refractivity contribution in [2.45, 2.75) is 17.9 Å². The molecule has 1 aromatic rings. The predicted molar refractivity (Wildman–Crippen MR) is 74.9 cm³/mol. The molecule has 2 rings (SSSR count). The van der Waals surface area contributed by atoms with E-state index in [1.165, 1.54) is 12.5 Å². The fraction of sp³-hybridized carbons (Fsp3) is 0.750. The molecule has 2 heterocycles. The van der Waals surface area contributed by atoms with Crippen LogP contribution in [0, 0.1) is 0 Å². The summed E-state index contributed by atoms with van der Waals surface area (Å²) in [5.74, 6) is 0. The number of nitrogens with one attached hydrogen (secondary N) is 1. The number of hydrogen-bond donors (Lipinski definition) is 1. The van der Waals surface area contributed by atoms with Crippen molar-refractivity contribution < 1.29 is 13.2 Å². The first kappa shape index (κ1) is 15.4. The third-order valence-corrected chi connectivity index (χ3v) is 4.60. The molecular formula is C12H22N4O3S. The summed E-state index contributed by atoms with van der Waals surface area (Å²) in [7, 11) is -1.72. The second-order valence-corrected chi connectivity index (χ2v) is 6.65. The number of aromatic nitrogens is 2. The molecule has 1 aliphatic heterocycles. The lowest BCUT2D eigenvalue weighted by atomic mass is 10.3. The summed E-state index contributed by atoms with van der Waals surface area (Å²) in [6, 6.07) is 0. The van der Waals surface area contributed by atoms with Gasteiger partial charge in [-0.1, -0.05) is 0 Å². The molecule has 0 unspecified atom stereocenters. The molecule has 0 saturated carbocycles. The molecule has 8 heteroatoms. The molecule has 7 nitrogen and oxygen atoms in total. The van der Waals surface area contributed by atoms with Gasteiger partial charge in [-0.25, -0.2) is 18.1 Å². The van der Waals surface area contributed by atoms with Gasteiger partial charge in [0.1, 0.15) is 0 Å². The second-order valence-electron chi connectivity index (χ2n) is 4.94. The second kappa shape index (κ2) is 7.16. The van der Waals surface area contributed by atoms with Crippen LogP contribution in [0.3, 0.4) is 0 Å². The molecule has 0 aromatic carbocycles. The summed E-state index contributed by atoms with van der Waals surface area (Å²) in [6.45, 7) is 4.98. The third kappa shape index (κ3) is 4.55.